The molecule has 0 unspecified atom stereocenters. The molecule has 0 radical (unpaired) electrons. The minimum Gasteiger partial charge on any atom is -0.398 e. The van der Waals surface area contributed by atoms with Crippen LogP contribution in [0.3, 0.4) is 0 Å². The van der Waals surface area contributed by atoms with Gasteiger partial charge in [0, 0.05) is 18.8 Å². The molecule has 0 atom stereocenters. The van der Waals surface area contributed by atoms with E-state index in [1.807, 2.05) is 24.3 Å². The monoisotopic (exact) mass is 262 g/mol. The number of hydrogen-bond donors (Lipinski definition) is 3. The molecule has 1 saturated carbocycles. The Kier molecular flexibility index (Phi) is 4.83. The summed E-state index contributed by atoms with van der Waals surface area (Å²) in [6, 6.07) is 7.88. The van der Waals surface area contributed by atoms with Crippen molar-refractivity contribution >= 4 is 5.69 Å². The van der Waals surface area contributed by atoms with Gasteiger partial charge in [-0.1, -0.05) is 31.5 Å². The van der Waals surface area contributed by atoms with E-state index in [1.165, 1.54) is 6.42 Å². The van der Waals surface area contributed by atoms with Crippen LogP contribution in [-0.2, 0) is 6.54 Å². The second-order valence-corrected chi connectivity index (χ2v) is 5.88. The van der Waals surface area contributed by atoms with Crippen molar-refractivity contribution in [3.63, 3.8) is 0 Å². The van der Waals surface area contributed by atoms with E-state index in [0.717, 1.165) is 49.4 Å². The molecule has 1 fully saturated rings. The number of nitrogens with one attached hydrogen (secondary N) is 1. The largest absolute Gasteiger partial charge is 0.398 e. The minimum atomic E-state index is -0.519. The zero-order valence-electron chi connectivity index (χ0n) is 11.9. The van der Waals surface area contributed by atoms with Gasteiger partial charge in [0.05, 0.1) is 5.60 Å². The molecule has 106 valence electrons. The summed E-state index contributed by atoms with van der Waals surface area (Å²) in [6.07, 6.45) is 5.39. The van der Waals surface area contributed by atoms with E-state index in [0.29, 0.717) is 6.54 Å². The van der Waals surface area contributed by atoms with Gasteiger partial charge in [-0.05, 0) is 43.2 Å². The molecule has 19 heavy (non-hydrogen) atoms. The Bertz CT molecular complexity index is 397. The number of para-hydroxylation sites is 1. The third-order valence-corrected chi connectivity index (χ3v) is 4.44. The highest BCUT2D eigenvalue weighted by atomic mass is 16.3. The average Bonchev–Trinajstić information content (AvgIpc) is 2.42. The first-order chi connectivity index (χ1) is 9.13. The molecule has 3 heteroatoms. The van der Waals surface area contributed by atoms with Crippen LogP contribution in [0, 0.1) is 5.92 Å². The molecule has 0 aliphatic heterocycles. The Balaban J connectivity index is 1.78. The molecule has 4 N–H and O–H groups in total. The zero-order valence-corrected chi connectivity index (χ0v) is 11.9. The smallest absolute Gasteiger partial charge is 0.0771 e. The second-order valence-electron chi connectivity index (χ2n) is 5.88. The summed E-state index contributed by atoms with van der Waals surface area (Å²) in [5.41, 5.74) is 7.31. The number of aliphatic hydroxyl groups is 1. The second kappa shape index (κ2) is 6.40. The van der Waals surface area contributed by atoms with Crippen molar-refractivity contribution in [3.05, 3.63) is 29.8 Å². The van der Waals surface area contributed by atoms with Crippen molar-refractivity contribution in [1.29, 1.82) is 0 Å². The van der Waals surface area contributed by atoms with Crippen LogP contribution in [0.4, 0.5) is 5.69 Å². The summed E-state index contributed by atoms with van der Waals surface area (Å²) in [5, 5.41) is 13.9. The third kappa shape index (κ3) is 3.95. The summed E-state index contributed by atoms with van der Waals surface area (Å²) in [4.78, 5) is 0. The van der Waals surface area contributed by atoms with Gasteiger partial charge in [-0.2, -0.15) is 0 Å². The summed E-state index contributed by atoms with van der Waals surface area (Å²) >= 11 is 0. The Hall–Kier alpha value is -1.06. The lowest BCUT2D eigenvalue weighted by Gasteiger charge is -2.36. The number of rotatable bonds is 5. The van der Waals surface area contributed by atoms with Crippen molar-refractivity contribution in [2.45, 2.75) is 51.2 Å². The molecule has 1 aliphatic rings. The lowest BCUT2D eigenvalue weighted by molar-refractivity contribution is -0.00880. The maximum atomic E-state index is 10.5. The summed E-state index contributed by atoms with van der Waals surface area (Å²) < 4.78 is 0. The lowest BCUT2D eigenvalue weighted by Crippen LogP contribution is -2.43. The Morgan fingerprint density at radius 3 is 2.63 bits per heavy atom. The van der Waals surface area contributed by atoms with E-state index in [1.54, 1.807) is 0 Å². The number of nitrogen functional groups attached to an aromatic ring is 1. The molecule has 2 rings (SSSR count). The van der Waals surface area contributed by atoms with E-state index in [-0.39, 0.29) is 0 Å². The van der Waals surface area contributed by atoms with Gasteiger partial charge < -0.3 is 16.2 Å². The van der Waals surface area contributed by atoms with Crippen molar-refractivity contribution < 1.29 is 5.11 Å². The summed E-state index contributed by atoms with van der Waals surface area (Å²) in [5.74, 6) is 0.810. The van der Waals surface area contributed by atoms with Gasteiger partial charge in [0.1, 0.15) is 0 Å². The van der Waals surface area contributed by atoms with Crippen molar-refractivity contribution in [2.75, 3.05) is 12.3 Å². The summed E-state index contributed by atoms with van der Waals surface area (Å²) in [6.45, 7) is 3.63. The van der Waals surface area contributed by atoms with Gasteiger partial charge in [-0.15, -0.1) is 0 Å². The topological polar surface area (TPSA) is 58.3 Å². The van der Waals surface area contributed by atoms with Gasteiger partial charge in [-0.3, -0.25) is 0 Å². The molecule has 1 aliphatic carbocycles. The van der Waals surface area contributed by atoms with Crippen LogP contribution in [0.15, 0.2) is 24.3 Å². The molecule has 0 amide bonds. The fraction of sp³-hybridized carbons (Fsp3) is 0.625. The Labute approximate surface area is 116 Å². The van der Waals surface area contributed by atoms with Gasteiger partial charge in [0.25, 0.3) is 0 Å². The normalized spacial score (nSPS) is 27.4. The van der Waals surface area contributed by atoms with Crippen molar-refractivity contribution in [1.82, 2.24) is 5.32 Å². The van der Waals surface area contributed by atoms with E-state index in [4.69, 9.17) is 5.73 Å². The highest BCUT2D eigenvalue weighted by Crippen LogP contribution is 2.33. The van der Waals surface area contributed by atoms with Gasteiger partial charge >= 0.3 is 0 Å². The molecule has 0 bridgehead atoms. The maximum Gasteiger partial charge on any atom is 0.0771 e. The molecule has 0 aromatic heterocycles. The molecule has 1 aromatic carbocycles. The Morgan fingerprint density at radius 1 is 1.32 bits per heavy atom. The van der Waals surface area contributed by atoms with Gasteiger partial charge in [0.2, 0.25) is 0 Å². The van der Waals surface area contributed by atoms with Crippen LogP contribution < -0.4 is 11.1 Å². The van der Waals surface area contributed by atoms with Crippen LogP contribution >= 0.6 is 0 Å². The molecular weight excluding hydrogens is 236 g/mol. The van der Waals surface area contributed by atoms with E-state index in [9.17, 15) is 5.11 Å². The van der Waals surface area contributed by atoms with Crippen LogP contribution in [-0.4, -0.2) is 17.3 Å². The number of benzene rings is 1. The summed E-state index contributed by atoms with van der Waals surface area (Å²) in [7, 11) is 0. The molecule has 0 spiro atoms. The predicted octanol–water partition coefficient (Wildman–Crippen LogP) is 2.69. The maximum absolute atomic E-state index is 10.5. The SMILES string of the molecule is CCC1CCC(O)(CNCc2ccccc2N)CC1. The highest BCUT2D eigenvalue weighted by molar-refractivity contribution is 5.46. The highest BCUT2D eigenvalue weighted by Gasteiger charge is 2.32. The van der Waals surface area contributed by atoms with Gasteiger partial charge in [0.15, 0.2) is 0 Å². The van der Waals surface area contributed by atoms with Crippen LogP contribution in [0.2, 0.25) is 0 Å². The lowest BCUT2D eigenvalue weighted by atomic mass is 9.78. The zero-order chi connectivity index (χ0) is 13.7. The first kappa shape index (κ1) is 14.4. The van der Waals surface area contributed by atoms with Crippen LogP contribution in [0.25, 0.3) is 0 Å². The minimum absolute atomic E-state index is 0.519. The van der Waals surface area contributed by atoms with Crippen LogP contribution in [0.5, 0.6) is 0 Å². The van der Waals surface area contributed by atoms with Crippen molar-refractivity contribution in [3.8, 4) is 0 Å². The molecule has 1 aromatic rings. The van der Waals surface area contributed by atoms with Crippen molar-refractivity contribution in [2.24, 2.45) is 5.92 Å². The first-order valence-corrected chi connectivity index (χ1v) is 7.39. The molecule has 0 heterocycles. The van der Waals surface area contributed by atoms with Crippen LogP contribution in [0.1, 0.15) is 44.6 Å². The number of nitrogens with two attached hydrogens (primary N) is 1. The number of hydrogen-bond acceptors (Lipinski definition) is 3. The van der Waals surface area contributed by atoms with Gasteiger partial charge in [-0.25, -0.2) is 0 Å². The molecule has 3 nitrogen and oxygen atoms in total. The molecule has 0 saturated heterocycles. The molecular formula is C16H26N2O. The standard InChI is InChI=1S/C16H26N2O/c1-2-13-7-9-16(19,10-8-13)12-18-11-14-5-3-4-6-15(14)17/h3-6,13,18-19H,2,7-12,17H2,1H3. The average molecular weight is 262 g/mol. The fourth-order valence-electron chi connectivity index (χ4n) is 2.92. The predicted molar refractivity (Wildman–Crippen MR) is 79.8 cm³/mol. The number of anilines is 1. The fourth-order valence-corrected chi connectivity index (χ4v) is 2.92. The Morgan fingerprint density at radius 2 is 2.00 bits per heavy atom. The first-order valence-electron chi connectivity index (χ1n) is 7.39. The van der Waals surface area contributed by atoms with E-state index >= 15 is 0 Å². The third-order valence-electron chi connectivity index (χ3n) is 4.44. The van der Waals surface area contributed by atoms with E-state index in [2.05, 4.69) is 12.2 Å². The van der Waals surface area contributed by atoms with E-state index < -0.39 is 5.60 Å². The quantitative estimate of drug-likeness (QED) is 0.715.